The van der Waals surface area contributed by atoms with Gasteiger partial charge in [0.2, 0.25) is 0 Å². The Hall–Kier alpha value is -3.93. The Morgan fingerprint density at radius 1 is 1.09 bits per heavy atom. The molecule has 1 heterocycles. The molecule has 0 saturated heterocycles. The molecule has 2 aromatic carbocycles. The molecule has 0 bridgehead atoms. The van der Waals surface area contributed by atoms with Crippen molar-refractivity contribution in [2.45, 2.75) is 19.3 Å². The van der Waals surface area contributed by atoms with E-state index in [0.29, 0.717) is 18.5 Å². The van der Waals surface area contributed by atoms with E-state index in [-0.39, 0.29) is 18.2 Å². The number of aromatic carboxylic acids is 1. The van der Waals surface area contributed by atoms with Crippen molar-refractivity contribution < 1.29 is 19.4 Å². The maximum atomic E-state index is 12.2. The average molecular weight is 428 g/mol. The second-order valence-electron chi connectivity index (χ2n) is 7.68. The van der Waals surface area contributed by atoms with E-state index in [1.807, 2.05) is 36.4 Å². The molecule has 1 aromatic heterocycles. The molecule has 32 heavy (non-hydrogen) atoms. The Bertz CT molecular complexity index is 1140. The second kappa shape index (κ2) is 9.47. The third-order valence-corrected chi connectivity index (χ3v) is 5.54. The first-order valence-corrected chi connectivity index (χ1v) is 10.5. The summed E-state index contributed by atoms with van der Waals surface area (Å²) < 4.78 is 5.52. The number of ether oxygens (including phenoxy) is 1. The van der Waals surface area contributed by atoms with Crippen LogP contribution < -0.4 is 5.32 Å². The van der Waals surface area contributed by atoms with Crippen molar-refractivity contribution in [1.82, 2.24) is 10.3 Å². The Kier molecular flexibility index (Phi) is 6.31. The van der Waals surface area contributed by atoms with E-state index in [1.54, 1.807) is 13.0 Å². The maximum Gasteiger partial charge on any atom is 0.407 e. The van der Waals surface area contributed by atoms with Crippen LogP contribution in [0.5, 0.6) is 0 Å². The van der Waals surface area contributed by atoms with Crippen LogP contribution in [0.4, 0.5) is 4.79 Å². The predicted molar refractivity (Wildman–Crippen MR) is 123 cm³/mol. The minimum absolute atomic E-state index is 0.0394. The molecule has 0 atom stereocenters. The molecule has 1 aliphatic rings. The zero-order valence-corrected chi connectivity index (χ0v) is 17.7. The van der Waals surface area contributed by atoms with Gasteiger partial charge in [-0.05, 0) is 52.8 Å². The van der Waals surface area contributed by atoms with Crippen molar-refractivity contribution in [2.75, 3.05) is 13.2 Å². The molecular formula is C26H24N2O4. The van der Waals surface area contributed by atoms with Gasteiger partial charge in [-0.2, -0.15) is 0 Å². The minimum Gasteiger partial charge on any atom is -0.477 e. The van der Waals surface area contributed by atoms with Gasteiger partial charge < -0.3 is 15.2 Å². The van der Waals surface area contributed by atoms with Crippen LogP contribution in [0.1, 0.15) is 45.1 Å². The number of carbonyl (C=O) groups is 2. The second-order valence-corrected chi connectivity index (χ2v) is 7.68. The predicted octanol–water partition coefficient (Wildman–Crippen LogP) is 5.03. The van der Waals surface area contributed by atoms with Gasteiger partial charge in [-0.1, -0.05) is 60.7 Å². The van der Waals surface area contributed by atoms with E-state index in [4.69, 9.17) is 9.84 Å². The number of alkyl carbamates (subject to hydrolysis) is 1. The fourth-order valence-corrected chi connectivity index (χ4v) is 4.04. The lowest BCUT2D eigenvalue weighted by Crippen LogP contribution is -2.26. The molecule has 0 spiro atoms. The number of aryl methyl sites for hydroxylation is 1. The molecule has 6 nitrogen and oxygen atoms in total. The summed E-state index contributed by atoms with van der Waals surface area (Å²) in [7, 11) is 0. The van der Waals surface area contributed by atoms with E-state index < -0.39 is 12.1 Å². The number of nitrogens with zero attached hydrogens (tertiary/aromatic N) is 1. The van der Waals surface area contributed by atoms with Crippen molar-refractivity contribution in [1.29, 1.82) is 0 Å². The number of carboxylic acid groups (broad SMARTS) is 1. The fraction of sp³-hybridized carbons (Fsp3) is 0.192. The van der Waals surface area contributed by atoms with Crippen LogP contribution in [0.25, 0.3) is 17.2 Å². The molecule has 162 valence electrons. The molecular weight excluding hydrogens is 404 g/mol. The number of hydrogen-bond acceptors (Lipinski definition) is 4. The van der Waals surface area contributed by atoms with E-state index in [2.05, 4.69) is 34.6 Å². The number of carboxylic acids is 1. The van der Waals surface area contributed by atoms with Crippen LogP contribution in [0.15, 0.2) is 66.9 Å². The first-order chi connectivity index (χ1) is 15.5. The normalized spacial score (nSPS) is 12.4. The van der Waals surface area contributed by atoms with Gasteiger partial charge >= 0.3 is 12.1 Å². The lowest BCUT2D eigenvalue weighted by atomic mass is 9.98. The molecule has 2 N–H and O–H groups in total. The Labute approximate surface area is 186 Å². The standard InChI is InChI=1S/C26H24N2O4/c1-17-14-18(15-28-24(17)25(29)30)8-6-7-13-27-26(31)32-16-23-21-11-4-2-9-19(21)20-10-3-5-12-22(20)23/h2-6,8-12,14-15,23H,7,13,16H2,1H3,(H,27,31)(H,29,30). The highest BCUT2D eigenvalue weighted by Gasteiger charge is 2.28. The van der Waals surface area contributed by atoms with Gasteiger partial charge in [-0.25, -0.2) is 14.6 Å². The van der Waals surface area contributed by atoms with Crippen LogP contribution in [0.3, 0.4) is 0 Å². The number of fused-ring (bicyclic) bond motifs is 3. The third kappa shape index (κ3) is 4.54. The molecule has 4 rings (SSSR count). The number of pyridine rings is 1. The van der Waals surface area contributed by atoms with Crippen LogP contribution >= 0.6 is 0 Å². The zero-order valence-electron chi connectivity index (χ0n) is 17.7. The summed E-state index contributed by atoms with van der Waals surface area (Å²) in [5.41, 5.74) is 6.24. The molecule has 1 amide bonds. The van der Waals surface area contributed by atoms with Crippen LogP contribution in [-0.2, 0) is 4.74 Å². The first-order valence-electron chi connectivity index (χ1n) is 10.5. The third-order valence-electron chi connectivity index (χ3n) is 5.54. The average Bonchev–Trinajstić information content (AvgIpc) is 3.11. The van der Waals surface area contributed by atoms with Gasteiger partial charge in [0.15, 0.2) is 5.69 Å². The molecule has 3 aromatic rings. The molecule has 0 radical (unpaired) electrons. The number of benzene rings is 2. The highest BCUT2D eigenvalue weighted by atomic mass is 16.5. The number of aromatic nitrogens is 1. The lowest BCUT2D eigenvalue weighted by molar-refractivity contribution is 0.0689. The quantitative estimate of drug-likeness (QED) is 0.515. The number of hydrogen-bond donors (Lipinski definition) is 2. The van der Waals surface area contributed by atoms with Gasteiger partial charge in [-0.3, -0.25) is 0 Å². The SMILES string of the molecule is Cc1cc(C=CCCNC(=O)OCC2c3ccccc3-c3ccccc32)cnc1C(=O)O. The van der Waals surface area contributed by atoms with E-state index in [1.165, 1.54) is 28.5 Å². The monoisotopic (exact) mass is 428 g/mol. The fourth-order valence-electron chi connectivity index (χ4n) is 4.04. The van der Waals surface area contributed by atoms with Crippen molar-refractivity contribution in [3.8, 4) is 11.1 Å². The summed E-state index contributed by atoms with van der Waals surface area (Å²) in [5, 5.41) is 11.8. The Morgan fingerprint density at radius 2 is 1.75 bits per heavy atom. The van der Waals surface area contributed by atoms with Gasteiger partial charge in [0, 0.05) is 18.7 Å². The van der Waals surface area contributed by atoms with Crippen molar-refractivity contribution in [3.63, 3.8) is 0 Å². The van der Waals surface area contributed by atoms with Gasteiger partial charge in [0.05, 0.1) is 0 Å². The molecule has 6 heteroatoms. The van der Waals surface area contributed by atoms with E-state index in [9.17, 15) is 9.59 Å². The molecule has 0 fully saturated rings. The van der Waals surface area contributed by atoms with Gasteiger partial charge in [0.25, 0.3) is 0 Å². The molecule has 1 aliphatic carbocycles. The Morgan fingerprint density at radius 3 is 2.38 bits per heavy atom. The summed E-state index contributed by atoms with van der Waals surface area (Å²) in [5.74, 6) is -0.997. The van der Waals surface area contributed by atoms with Crippen molar-refractivity contribution in [2.24, 2.45) is 0 Å². The highest BCUT2D eigenvalue weighted by Crippen LogP contribution is 2.44. The number of carbonyl (C=O) groups excluding carboxylic acids is 1. The lowest BCUT2D eigenvalue weighted by Gasteiger charge is -2.14. The summed E-state index contributed by atoms with van der Waals surface area (Å²) in [6.45, 7) is 2.44. The number of nitrogens with one attached hydrogen (secondary N) is 1. The largest absolute Gasteiger partial charge is 0.477 e. The summed E-state index contributed by atoms with van der Waals surface area (Å²) in [4.78, 5) is 27.2. The summed E-state index contributed by atoms with van der Waals surface area (Å²) in [6, 6.07) is 18.2. The maximum absolute atomic E-state index is 12.2. The van der Waals surface area contributed by atoms with E-state index >= 15 is 0 Å². The topological polar surface area (TPSA) is 88.5 Å². The highest BCUT2D eigenvalue weighted by molar-refractivity contribution is 5.87. The first kappa shape index (κ1) is 21.3. The van der Waals surface area contributed by atoms with E-state index in [0.717, 1.165) is 5.56 Å². The van der Waals surface area contributed by atoms with Crippen LogP contribution in [-0.4, -0.2) is 35.3 Å². The van der Waals surface area contributed by atoms with Crippen molar-refractivity contribution in [3.05, 3.63) is 94.8 Å². The molecule has 0 saturated carbocycles. The number of rotatable bonds is 7. The van der Waals surface area contributed by atoms with Gasteiger partial charge in [-0.15, -0.1) is 0 Å². The molecule has 0 aliphatic heterocycles. The Balaban J connectivity index is 1.26. The van der Waals surface area contributed by atoms with Crippen molar-refractivity contribution >= 4 is 18.1 Å². The molecule has 0 unspecified atom stereocenters. The minimum atomic E-state index is -1.04. The number of amides is 1. The summed E-state index contributed by atoms with van der Waals surface area (Å²) >= 11 is 0. The van der Waals surface area contributed by atoms with Crippen LogP contribution in [0.2, 0.25) is 0 Å². The zero-order chi connectivity index (χ0) is 22.5. The van der Waals surface area contributed by atoms with Crippen LogP contribution in [0, 0.1) is 6.92 Å². The smallest absolute Gasteiger partial charge is 0.407 e. The summed E-state index contributed by atoms with van der Waals surface area (Å²) in [6.07, 6.45) is 5.45. The van der Waals surface area contributed by atoms with Gasteiger partial charge in [0.1, 0.15) is 6.61 Å².